The van der Waals surface area contributed by atoms with E-state index in [4.69, 9.17) is 4.74 Å². The number of fused-ring (bicyclic) bond motifs is 1. The van der Waals surface area contributed by atoms with Crippen LogP contribution in [0, 0.1) is 0 Å². The van der Waals surface area contributed by atoms with Gasteiger partial charge in [-0.05, 0) is 36.5 Å². The van der Waals surface area contributed by atoms with E-state index in [0.717, 1.165) is 18.6 Å². The maximum atomic E-state index is 11.1. The zero-order chi connectivity index (χ0) is 10.7. The molecule has 0 spiro atoms. The molecule has 1 heterocycles. The molecule has 1 aliphatic rings. The zero-order valence-electron chi connectivity index (χ0n) is 9.08. The Morgan fingerprint density at radius 1 is 1.33 bits per heavy atom. The Kier molecular flexibility index (Phi) is 3.05. The average molecular weight is 204 g/mol. The molecule has 0 aliphatic carbocycles. The topological polar surface area (TPSA) is 26.3 Å². The van der Waals surface area contributed by atoms with Crippen LogP contribution in [0.5, 0.6) is 5.75 Å². The van der Waals surface area contributed by atoms with Gasteiger partial charge >= 0.3 is 5.97 Å². The van der Waals surface area contributed by atoms with Crippen molar-refractivity contribution in [3.8, 4) is 5.75 Å². The lowest BCUT2D eigenvalue weighted by Gasteiger charge is -2.16. The fourth-order valence-corrected chi connectivity index (χ4v) is 1.87. The molecule has 2 rings (SSSR count). The quantitative estimate of drug-likeness (QED) is 0.559. The van der Waals surface area contributed by atoms with E-state index < -0.39 is 0 Å². The molecule has 0 fully saturated rings. The summed E-state index contributed by atoms with van der Waals surface area (Å²) in [4.78, 5) is 11.1. The highest BCUT2D eigenvalue weighted by atomic mass is 16.5. The molecule has 0 radical (unpaired) electrons. The van der Waals surface area contributed by atoms with Gasteiger partial charge in [-0.2, -0.15) is 0 Å². The first-order valence-corrected chi connectivity index (χ1v) is 5.62. The van der Waals surface area contributed by atoms with Gasteiger partial charge in [0.1, 0.15) is 5.75 Å². The molecule has 0 atom stereocenters. The number of rotatable bonds is 3. The molecule has 0 saturated heterocycles. The number of carbonyl (C=O) groups excluding carboxylic acids is 1. The van der Waals surface area contributed by atoms with E-state index >= 15 is 0 Å². The van der Waals surface area contributed by atoms with Crippen LogP contribution in [0.1, 0.15) is 37.3 Å². The molecule has 80 valence electrons. The lowest BCUT2D eigenvalue weighted by molar-refractivity contribution is -0.135. The molecule has 0 amide bonds. The van der Waals surface area contributed by atoms with Gasteiger partial charge in [-0.3, -0.25) is 4.79 Å². The predicted molar refractivity (Wildman–Crippen MR) is 59.0 cm³/mol. The largest absolute Gasteiger partial charge is 0.426 e. The van der Waals surface area contributed by atoms with Crippen LogP contribution < -0.4 is 4.74 Å². The van der Waals surface area contributed by atoms with Crippen LogP contribution in [0.2, 0.25) is 0 Å². The van der Waals surface area contributed by atoms with Crippen LogP contribution >= 0.6 is 0 Å². The molecule has 1 aromatic rings. The second kappa shape index (κ2) is 4.47. The molecule has 0 N–H and O–H groups in total. The van der Waals surface area contributed by atoms with E-state index in [9.17, 15) is 4.79 Å². The standard InChI is InChI=1S/C13H16O2/c1-2-3-4-10-5-7-12-11(9-10)6-8-13(14)15-12/h5,7,9H,2-4,6,8H2,1H3. The van der Waals surface area contributed by atoms with E-state index in [1.807, 2.05) is 6.07 Å². The first-order chi connectivity index (χ1) is 7.29. The van der Waals surface area contributed by atoms with Gasteiger partial charge in [0.2, 0.25) is 0 Å². The van der Waals surface area contributed by atoms with Gasteiger partial charge in [-0.1, -0.05) is 25.5 Å². The number of hydrogen-bond donors (Lipinski definition) is 0. The van der Waals surface area contributed by atoms with Crippen molar-refractivity contribution in [1.29, 1.82) is 0 Å². The highest BCUT2D eigenvalue weighted by Gasteiger charge is 2.16. The van der Waals surface area contributed by atoms with Crippen molar-refractivity contribution in [3.05, 3.63) is 29.3 Å². The average Bonchev–Trinajstić information content (AvgIpc) is 2.26. The van der Waals surface area contributed by atoms with Crippen molar-refractivity contribution in [3.63, 3.8) is 0 Å². The normalized spacial score (nSPS) is 14.6. The second-order valence-corrected chi connectivity index (χ2v) is 4.02. The minimum absolute atomic E-state index is 0.108. The van der Waals surface area contributed by atoms with Crippen LogP contribution in [0.4, 0.5) is 0 Å². The fraction of sp³-hybridized carbons (Fsp3) is 0.462. The fourth-order valence-electron chi connectivity index (χ4n) is 1.87. The number of esters is 1. The molecule has 2 nitrogen and oxygen atoms in total. The first-order valence-electron chi connectivity index (χ1n) is 5.62. The Morgan fingerprint density at radius 3 is 3.00 bits per heavy atom. The Labute approximate surface area is 90.3 Å². The van der Waals surface area contributed by atoms with Gasteiger partial charge < -0.3 is 4.74 Å². The number of benzene rings is 1. The van der Waals surface area contributed by atoms with Crippen LogP contribution in [0.15, 0.2) is 18.2 Å². The third-order valence-corrected chi connectivity index (χ3v) is 2.77. The Bertz CT molecular complexity index is 369. The summed E-state index contributed by atoms with van der Waals surface area (Å²) < 4.78 is 5.15. The molecule has 0 saturated carbocycles. The van der Waals surface area contributed by atoms with Crippen molar-refractivity contribution in [2.45, 2.75) is 39.0 Å². The molecule has 2 heteroatoms. The first kappa shape index (κ1) is 10.2. The molecule has 15 heavy (non-hydrogen) atoms. The Balaban J connectivity index is 2.15. The summed E-state index contributed by atoms with van der Waals surface area (Å²) >= 11 is 0. The van der Waals surface area contributed by atoms with Gasteiger partial charge in [0.15, 0.2) is 0 Å². The van der Waals surface area contributed by atoms with Crippen LogP contribution in [-0.4, -0.2) is 5.97 Å². The van der Waals surface area contributed by atoms with Gasteiger partial charge in [0.25, 0.3) is 0 Å². The molecule has 1 aliphatic heterocycles. The smallest absolute Gasteiger partial charge is 0.311 e. The maximum absolute atomic E-state index is 11.1. The molecule has 0 bridgehead atoms. The van der Waals surface area contributed by atoms with Crippen LogP contribution in [0.25, 0.3) is 0 Å². The number of unbranched alkanes of at least 4 members (excludes halogenated alkanes) is 1. The minimum Gasteiger partial charge on any atom is -0.426 e. The zero-order valence-corrected chi connectivity index (χ0v) is 9.08. The van der Waals surface area contributed by atoms with Crippen molar-refractivity contribution in [2.75, 3.05) is 0 Å². The SMILES string of the molecule is CCCCc1ccc2c(c1)CCC(=O)O2. The van der Waals surface area contributed by atoms with E-state index in [1.54, 1.807) is 0 Å². The molecule has 1 aromatic carbocycles. The maximum Gasteiger partial charge on any atom is 0.311 e. The molecule has 0 aromatic heterocycles. The predicted octanol–water partition coefficient (Wildman–Crippen LogP) is 2.88. The third kappa shape index (κ3) is 2.38. The van der Waals surface area contributed by atoms with Crippen LogP contribution in [0.3, 0.4) is 0 Å². The summed E-state index contributed by atoms with van der Waals surface area (Å²) in [5, 5.41) is 0. The summed E-state index contributed by atoms with van der Waals surface area (Å²) in [6, 6.07) is 6.17. The van der Waals surface area contributed by atoms with Crippen molar-refractivity contribution >= 4 is 5.97 Å². The molecular formula is C13H16O2. The van der Waals surface area contributed by atoms with E-state index in [2.05, 4.69) is 19.1 Å². The molecular weight excluding hydrogens is 188 g/mol. The van der Waals surface area contributed by atoms with E-state index in [1.165, 1.54) is 24.0 Å². The number of aryl methyl sites for hydroxylation is 2. The lowest BCUT2D eigenvalue weighted by atomic mass is 10.0. The van der Waals surface area contributed by atoms with Gasteiger partial charge in [0.05, 0.1) is 6.42 Å². The highest BCUT2D eigenvalue weighted by molar-refractivity contribution is 5.75. The summed E-state index contributed by atoms with van der Waals surface area (Å²) in [6.45, 7) is 2.19. The summed E-state index contributed by atoms with van der Waals surface area (Å²) in [5.41, 5.74) is 2.54. The number of carbonyl (C=O) groups is 1. The Hall–Kier alpha value is -1.31. The van der Waals surface area contributed by atoms with Crippen molar-refractivity contribution in [1.82, 2.24) is 0 Å². The summed E-state index contributed by atoms with van der Waals surface area (Å²) in [5.74, 6) is 0.648. The highest BCUT2D eigenvalue weighted by Crippen LogP contribution is 2.26. The Morgan fingerprint density at radius 2 is 2.20 bits per heavy atom. The summed E-state index contributed by atoms with van der Waals surface area (Å²) in [6.07, 6.45) is 4.90. The van der Waals surface area contributed by atoms with Gasteiger partial charge in [0, 0.05) is 0 Å². The van der Waals surface area contributed by atoms with Gasteiger partial charge in [-0.15, -0.1) is 0 Å². The second-order valence-electron chi connectivity index (χ2n) is 4.02. The van der Waals surface area contributed by atoms with Gasteiger partial charge in [-0.25, -0.2) is 0 Å². The lowest BCUT2D eigenvalue weighted by Crippen LogP contribution is -2.15. The molecule has 0 unspecified atom stereocenters. The number of ether oxygens (including phenoxy) is 1. The van der Waals surface area contributed by atoms with Crippen molar-refractivity contribution in [2.24, 2.45) is 0 Å². The van der Waals surface area contributed by atoms with E-state index in [-0.39, 0.29) is 5.97 Å². The minimum atomic E-state index is -0.108. The van der Waals surface area contributed by atoms with E-state index in [0.29, 0.717) is 6.42 Å². The monoisotopic (exact) mass is 204 g/mol. The van der Waals surface area contributed by atoms with Crippen LogP contribution in [-0.2, 0) is 17.6 Å². The number of hydrogen-bond acceptors (Lipinski definition) is 2. The third-order valence-electron chi connectivity index (χ3n) is 2.77. The van der Waals surface area contributed by atoms with Crippen molar-refractivity contribution < 1.29 is 9.53 Å². The summed E-state index contributed by atoms with van der Waals surface area (Å²) in [7, 11) is 0.